The average Bonchev–Trinajstić information content (AvgIpc) is 1.68. The smallest absolute Gasteiger partial charge is 0.259 e. The lowest BCUT2D eigenvalue weighted by Gasteiger charge is -1.82. The molecule has 3 nitrogen and oxygen atoms in total. The fourth-order valence-electron chi connectivity index (χ4n) is 0.104. The zero-order valence-corrected chi connectivity index (χ0v) is 4.64. The normalized spacial score (nSPS) is 10.9. The van der Waals surface area contributed by atoms with Crippen LogP contribution in [0.3, 0.4) is 0 Å². The second-order valence-corrected chi connectivity index (χ2v) is 1.04. The minimum atomic E-state index is 0.0162. The van der Waals surface area contributed by atoms with Crippen molar-refractivity contribution in [3.8, 4) is 0 Å². The van der Waals surface area contributed by atoms with Crippen LogP contribution in [0.25, 0.3) is 0 Å². The Morgan fingerprint density at radius 3 is 2.57 bits per heavy atom. The molecule has 0 aliphatic heterocycles. The zero-order chi connectivity index (χ0) is 5.70. The molecule has 0 aliphatic carbocycles. The second-order valence-electron chi connectivity index (χ2n) is 0.701. The highest BCUT2D eigenvalue weighted by atomic mass is 35.5. The van der Waals surface area contributed by atoms with Gasteiger partial charge in [0.1, 0.15) is 7.11 Å². The van der Waals surface area contributed by atoms with Gasteiger partial charge in [0, 0.05) is 0 Å². The fraction of sp³-hybridized carbons (Fsp3) is 0.333. The topological polar surface area (TPSA) is 34.0 Å². The first kappa shape index (κ1) is 6.43. The molecule has 0 atom stereocenters. The van der Waals surface area contributed by atoms with Gasteiger partial charge in [0.2, 0.25) is 0 Å². The van der Waals surface area contributed by atoms with Crippen LogP contribution in [0, 0.1) is 0 Å². The van der Waals surface area contributed by atoms with Crippen LogP contribution in [-0.2, 0) is 4.84 Å². The van der Waals surface area contributed by atoms with E-state index in [-0.39, 0.29) is 5.29 Å². The van der Waals surface area contributed by atoms with Gasteiger partial charge in [-0.25, -0.2) is 4.99 Å². The highest BCUT2D eigenvalue weighted by Gasteiger charge is 1.79. The van der Waals surface area contributed by atoms with Crippen molar-refractivity contribution >= 4 is 23.6 Å². The van der Waals surface area contributed by atoms with E-state index in [1.807, 2.05) is 0 Å². The standard InChI is InChI=1S/C3H5ClN2O/c1-5-3(4)6-7-2/h1H2,2H3/b6-3-. The van der Waals surface area contributed by atoms with Crippen molar-refractivity contribution in [3.05, 3.63) is 0 Å². The Morgan fingerprint density at radius 1 is 1.86 bits per heavy atom. The second kappa shape index (κ2) is 3.61. The molecular formula is C3H5ClN2O. The summed E-state index contributed by atoms with van der Waals surface area (Å²) in [7, 11) is 1.38. The Labute approximate surface area is 46.6 Å². The van der Waals surface area contributed by atoms with Gasteiger partial charge < -0.3 is 4.84 Å². The Hall–Kier alpha value is -0.570. The summed E-state index contributed by atoms with van der Waals surface area (Å²) in [5, 5.41) is 3.21. The summed E-state index contributed by atoms with van der Waals surface area (Å²) in [4.78, 5) is 7.44. The van der Waals surface area contributed by atoms with Crippen molar-refractivity contribution in [3.63, 3.8) is 0 Å². The lowest BCUT2D eigenvalue weighted by Crippen LogP contribution is -1.78. The fourth-order valence-corrected chi connectivity index (χ4v) is 0.173. The molecule has 0 N–H and O–H groups in total. The van der Waals surface area contributed by atoms with E-state index in [0.29, 0.717) is 0 Å². The predicted molar refractivity (Wildman–Crippen MR) is 29.8 cm³/mol. The molecule has 0 heterocycles. The van der Waals surface area contributed by atoms with Crippen LogP contribution in [0.15, 0.2) is 10.1 Å². The summed E-state index contributed by atoms with van der Waals surface area (Å²) in [6.07, 6.45) is 0. The Kier molecular flexibility index (Phi) is 3.32. The lowest BCUT2D eigenvalue weighted by atomic mass is 11.3. The monoisotopic (exact) mass is 120 g/mol. The van der Waals surface area contributed by atoms with Crippen LogP contribution < -0.4 is 0 Å². The Balaban J connectivity index is 3.49. The SMILES string of the molecule is C=N/C(Cl)=N\OC. The van der Waals surface area contributed by atoms with Crippen LogP contribution in [0.1, 0.15) is 0 Å². The molecule has 0 saturated heterocycles. The predicted octanol–water partition coefficient (Wildman–Crippen LogP) is 0.843. The molecular weight excluding hydrogens is 115 g/mol. The molecule has 0 unspecified atom stereocenters. The molecule has 0 bridgehead atoms. The summed E-state index contributed by atoms with van der Waals surface area (Å²) in [5.41, 5.74) is 0. The van der Waals surface area contributed by atoms with E-state index in [4.69, 9.17) is 11.6 Å². The molecule has 0 aromatic heterocycles. The van der Waals surface area contributed by atoms with Crippen molar-refractivity contribution in [2.45, 2.75) is 0 Å². The van der Waals surface area contributed by atoms with E-state index in [1.165, 1.54) is 7.11 Å². The largest absolute Gasteiger partial charge is 0.397 e. The molecule has 0 spiro atoms. The first-order valence-electron chi connectivity index (χ1n) is 1.54. The van der Waals surface area contributed by atoms with Gasteiger partial charge in [0.05, 0.1) is 0 Å². The molecule has 0 aromatic carbocycles. The van der Waals surface area contributed by atoms with Crippen LogP contribution in [0.2, 0.25) is 0 Å². The third-order valence-electron chi connectivity index (χ3n) is 0.297. The summed E-state index contributed by atoms with van der Waals surface area (Å²) < 4.78 is 0. The van der Waals surface area contributed by atoms with Gasteiger partial charge >= 0.3 is 0 Å². The van der Waals surface area contributed by atoms with Crippen molar-refractivity contribution in [2.24, 2.45) is 10.1 Å². The van der Waals surface area contributed by atoms with E-state index in [0.717, 1.165) is 0 Å². The van der Waals surface area contributed by atoms with E-state index < -0.39 is 0 Å². The number of amidine groups is 1. The summed E-state index contributed by atoms with van der Waals surface area (Å²) in [6.45, 7) is 3.09. The highest BCUT2D eigenvalue weighted by Crippen LogP contribution is 1.84. The van der Waals surface area contributed by atoms with Crippen molar-refractivity contribution in [1.29, 1.82) is 0 Å². The third kappa shape index (κ3) is 3.26. The summed E-state index contributed by atoms with van der Waals surface area (Å²) in [6, 6.07) is 0. The number of hydrogen-bond donors (Lipinski definition) is 0. The molecule has 0 aliphatic rings. The third-order valence-corrected chi connectivity index (χ3v) is 0.486. The van der Waals surface area contributed by atoms with Crippen LogP contribution >= 0.6 is 11.6 Å². The molecule has 4 heteroatoms. The van der Waals surface area contributed by atoms with E-state index in [9.17, 15) is 0 Å². The van der Waals surface area contributed by atoms with Gasteiger partial charge in [-0.1, -0.05) is 5.16 Å². The number of halogens is 1. The Morgan fingerprint density at radius 2 is 2.43 bits per heavy atom. The molecule has 0 saturated carbocycles. The summed E-state index contributed by atoms with van der Waals surface area (Å²) in [5.74, 6) is 0. The molecule has 0 aromatic rings. The number of oxime groups is 1. The van der Waals surface area contributed by atoms with Gasteiger partial charge in [-0.15, -0.1) is 0 Å². The zero-order valence-electron chi connectivity index (χ0n) is 3.89. The van der Waals surface area contributed by atoms with Gasteiger partial charge in [0.25, 0.3) is 5.29 Å². The maximum Gasteiger partial charge on any atom is 0.259 e. The van der Waals surface area contributed by atoms with Gasteiger partial charge in [-0.2, -0.15) is 0 Å². The number of hydrogen-bond acceptors (Lipinski definition) is 2. The van der Waals surface area contributed by atoms with Gasteiger partial charge in [-0.3, -0.25) is 0 Å². The lowest BCUT2D eigenvalue weighted by molar-refractivity contribution is 0.214. The van der Waals surface area contributed by atoms with Gasteiger partial charge in [0.15, 0.2) is 0 Å². The van der Waals surface area contributed by atoms with Crippen LogP contribution in [0.4, 0.5) is 0 Å². The number of nitrogens with zero attached hydrogens (tertiary/aromatic N) is 2. The first-order valence-corrected chi connectivity index (χ1v) is 1.92. The Bertz CT molecular complexity index is 90.9. The minimum Gasteiger partial charge on any atom is -0.397 e. The highest BCUT2D eigenvalue weighted by molar-refractivity contribution is 6.65. The molecule has 7 heavy (non-hydrogen) atoms. The number of rotatable bonds is 1. The molecule has 0 radical (unpaired) electrons. The van der Waals surface area contributed by atoms with E-state index in [2.05, 4.69) is 21.7 Å². The molecule has 0 fully saturated rings. The summed E-state index contributed by atoms with van der Waals surface area (Å²) >= 11 is 5.16. The maximum atomic E-state index is 5.16. The minimum absolute atomic E-state index is 0.0162. The molecule has 0 rings (SSSR count). The van der Waals surface area contributed by atoms with Crippen molar-refractivity contribution in [2.75, 3.05) is 7.11 Å². The van der Waals surface area contributed by atoms with E-state index >= 15 is 0 Å². The maximum absolute atomic E-state index is 5.16. The molecule has 0 amide bonds. The quantitative estimate of drug-likeness (QED) is 0.219. The first-order chi connectivity index (χ1) is 3.31. The molecule has 40 valence electrons. The number of aliphatic imine (C=N–C) groups is 1. The van der Waals surface area contributed by atoms with Gasteiger partial charge in [-0.05, 0) is 18.3 Å². The van der Waals surface area contributed by atoms with Crippen LogP contribution in [0.5, 0.6) is 0 Å². The van der Waals surface area contributed by atoms with Crippen LogP contribution in [-0.4, -0.2) is 19.1 Å². The van der Waals surface area contributed by atoms with Crippen molar-refractivity contribution < 1.29 is 4.84 Å². The van der Waals surface area contributed by atoms with Crippen molar-refractivity contribution in [1.82, 2.24) is 0 Å². The average molecular weight is 121 g/mol. The van der Waals surface area contributed by atoms with E-state index in [1.54, 1.807) is 0 Å².